The van der Waals surface area contributed by atoms with Crippen molar-refractivity contribution >= 4 is 33.2 Å². The molecule has 4 rings (SSSR count). The number of sulfonamides is 1. The van der Waals surface area contributed by atoms with E-state index in [2.05, 4.69) is 41.7 Å². The van der Waals surface area contributed by atoms with Crippen molar-refractivity contribution in [3.8, 4) is 0 Å². The van der Waals surface area contributed by atoms with Crippen LogP contribution in [0.25, 0.3) is 0 Å². The third kappa shape index (κ3) is 5.36. The van der Waals surface area contributed by atoms with E-state index in [9.17, 15) is 18.0 Å². The lowest BCUT2D eigenvalue weighted by Crippen LogP contribution is -2.49. The normalized spacial score (nSPS) is 15.9. The molecule has 0 spiro atoms. The van der Waals surface area contributed by atoms with Gasteiger partial charge in [0.2, 0.25) is 21.8 Å². The standard InChI is InChI=1S/C26H34N4O4S/c1-4-25(31)30-13-11-21-18-22(8-9-24(21)30)35(33,34)27-12-10-26(32)29-16-14-28(15-17-29)23-7-5-6-19(2)20(23)3/h5-9,18,27H,4,10-17H2,1-3H3. The van der Waals surface area contributed by atoms with Crippen LogP contribution < -0.4 is 14.5 Å². The maximum absolute atomic E-state index is 12.8. The number of aryl methyl sites for hydroxylation is 1. The quantitative estimate of drug-likeness (QED) is 0.634. The van der Waals surface area contributed by atoms with Gasteiger partial charge in [0.15, 0.2) is 0 Å². The molecule has 2 aromatic rings. The molecule has 0 aliphatic carbocycles. The van der Waals surface area contributed by atoms with Crippen molar-refractivity contribution in [2.75, 3.05) is 49.1 Å². The number of nitrogens with one attached hydrogen (secondary N) is 1. The van der Waals surface area contributed by atoms with Crippen molar-refractivity contribution in [3.05, 3.63) is 53.1 Å². The van der Waals surface area contributed by atoms with Crippen LogP contribution in [0.5, 0.6) is 0 Å². The summed E-state index contributed by atoms with van der Waals surface area (Å²) in [5, 5.41) is 0. The summed E-state index contributed by atoms with van der Waals surface area (Å²) in [6, 6.07) is 11.1. The van der Waals surface area contributed by atoms with Crippen LogP contribution in [-0.2, 0) is 26.0 Å². The van der Waals surface area contributed by atoms with Gasteiger partial charge in [0, 0.05) is 63.5 Å². The largest absolute Gasteiger partial charge is 0.368 e. The fourth-order valence-electron chi connectivity index (χ4n) is 4.80. The maximum atomic E-state index is 12.8. The van der Waals surface area contributed by atoms with E-state index in [4.69, 9.17) is 0 Å². The smallest absolute Gasteiger partial charge is 0.240 e. The maximum Gasteiger partial charge on any atom is 0.240 e. The molecule has 0 aromatic heterocycles. The predicted molar refractivity (Wildman–Crippen MR) is 137 cm³/mol. The number of nitrogens with zero attached hydrogens (tertiary/aromatic N) is 3. The van der Waals surface area contributed by atoms with Crippen LogP contribution in [0, 0.1) is 13.8 Å². The Kier molecular flexibility index (Phi) is 7.47. The first-order valence-corrected chi connectivity index (χ1v) is 13.7. The monoisotopic (exact) mass is 498 g/mol. The Labute approximate surface area is 207 Å². The molecule has 9 heteroatoms. The van der Waals surface area contributed by atoms with Crippen LogP contribution in [0.3, 0.4) is 0 Å². The van der Waals surface area contributed by atoms with E-state index in [1.807, 2.05) is 11.8 Å². The summed E-state index contributed by atoms with van der Waals surface area (Å²) in [6.07, 6.45) is 1.17. The zero-order valence-corrected chi connectivity index (χ0v) is 21.5. The Balaban J connectivity index is 1.29. The highest BCUT2D eigenvalue weighted by atomic mass is 32.2. The molecule has 188 valence electrons. The summed E-state index contributed by atoms with van der Waals surface area (Å²) < 4.78 is 28.2. The van der Waals surface area contributed by atoms with Gasteiger partial charge in [-0.2, -0.15) is 0 Å². The number of rotatable bonds is 7. The van der Waals surface area contributed by atoms with E-state index in [1.165, 1.54) is 22.9 Å². The van der Waals surface area contributed by atoms with Crippen LogP contribution in [0.1, 0.15) is 36.5 Å². The minimum Gasteiger partial charge on any atom is -0.368 e. The zero-order valence-electron chi connectivity index (χ0n) is 20.7. The van der Waals surface area contributed by atoms with E-state index in [0.29, 0.717) is 32.5 Å². The van der Waals surface area contributed by atoms with E-state index in [1.54, 1.807) is 17.0 Å². The number of carbonyl (C=O) groups is 2. The number of benzene rings is 2. The van der Waals surface area contributed by atoms with Gasteiger partial charge < -0.3 is 14.7 Å². The van der Waals surface area contributed by atoms with E-state index in [0.717, 1.165) is 24.3 Å². The lowest BCUT2D eigenvalue weighted by Gasteiger charge is -2.37. The summed E-state index contributed by atoms with van der Waals surface area (Å²) in [7, 11) is -3.74. The number of piperazine rings is 1. The molecule has 0 atom stereocenters. The van der Waals surface area contributed by atoms with E-state index < -0.39 is 10.0 Å². The summed E-state index contributed by atoms with van der Waals surface area (Å²) in [4.78, 5) is 30.8. The molecule has 2 amide bonds. The Bertz CT molecular complexity index is 1220. The fraction of sp³-hybridized carbons (Fsp3) is 0.462. The van der Waals surface area contributed by atoms with Gasteiger partial charge in [-0.1, -0.05) is 19.1 Å². The third-order valence-corrected chi connectivity index (χ3v) is 8.50. The molecule has 2 aliphatic heterocycles. The van der Waals surface area contributed by atoms with Crippen LogP contribution in [0.4, 0.5) is 11.4 Å². The fourth-order valence-corrected chi connectivity index (χ4v) is 5.89. The first-order chi connectivity index (χ1) is 16.7. The molecule has 1 fully saturated rings. The molecule has 0 radical (unpaired) electrons. The summed E-state index contributed by atoms with van der Waals surface area (Å²) in [6.45, 7) is 9.42. The van der Waals surface area contributed by atoms with Gasteiger partial charge in [-0.05, 0) is 61.2 Å². The SMILES string of the molecule is CCC(=O)N1CCc2cc(S(=O)(=O)NCCC(=O)N3CCN(c4cccc(C)c4C)CC3)ccc21. The van der Waals surface area contributed by atoms with Crippen LogP contribution in [-0.4, -0.2) is 64.4 Å². The minimum atomic E-state index is -3.74. The van der Waals surface area contributed by atoms with Crippen molar-refractivity contribution in [2.24, 2.45) is 0 Å². The molecular formula is C26H34N4O4S. The minimum absolute atomic E-state index is 0.0332. The molecule has 35 heavy (non-hydrogen) atoms. The number of carbonyl (C=O) groups excluding carboxylic acids is 2. The number of hydrogen-bond acceptors (Lipinski definition) is 5. The van der Waals surface area contributed by atoms with Crippen molar-refractivity contribution < 1.29 is 18.0 Å². The van der Waals surface area contributed by atoms with Gasteiger partial charge in [-0.25, -0.2) is 13.1 Å². The molecule has 2 aliphatic rings. The zero-order chi connectivity index (χ0) is 25.2. The molecule has 1 N–H and O–H groups in total. The van der Waals surface area contributed by atoms with Gasteiger partial charge in [-0.15, -0.1) is 0 Å². The molecule has 2 aromatic carbocycles. The Morgan fingerprint density at radius 1 is 0.943 bits per heavy atom. The molecule has 0 bridgehead atoms. The average Bonchev–Trinajstić information content (AvgIpc) is 3.28. The first kappa shape index (κ1) is 25.2. The molecule has 0 saturated carbocycles. The van der Waals surface area contributed by atoms with E-state index in [-0.39, 0.29) is 29.7 Å². The van der Waals surface area contributed by atoms with Crippen molar-refractivity contribution in [1.82, 2.24) is 9.62 Å². The van der Waals surface area contributed by atoms with Crippen molar-refractivity contribution in [3.63, 3.8) is 0 Å². The third-order valence-electron chi connectivity index (χ3n) is 7.04. The van der Waals surface area contributed by atoms with Gasteiger partial charge in [-0.3, -0.25) is 9.59 Å². The molecule has 1 saturated heterocycles. The average molecular weight is 499 g/mol. The Morgan fingerprint density at radius 3 is 2.40 bits per heavy atom. The highest BCUT2D eigenvalue weighted by Crippen LogP contribution is 2.30. The Morgan fingerprint density at radius 2 is 1.69 bits per heavy atom. The molecule has 8 nitrogen and oxygen atoms in total. The second kappa shape index (κ2) is 10.4. The highest BCUT2D eigenvalue weighted by molar-refractivity contribution is 7.89. The van der Waals surface area contributed by atoms with Gasteiger partial charge in [0.1, 0.15) is 0 Å². The van der Waals surface area contributed by atoms with Crippen LogP contribution in [0.15, 0.2) is 41.3 Å². The number of anilines is 2. The van der Waals surface area contributed by atoms with Crippen LogP contribution in [0.2, 0.25) is 0 Å². The first-order valence-electron chi connectivity index (χ1n) is 12.2. The summed E-state index contributed by atoms with van der Waals surface area (Å²) >= 11 is 0. The van der Waals surface area contributed by atoms with Gasteiger partial charge >= 0.3 is 0 Å². The lowest BCUT2D eigenvalue weighted by molar-refractivity contribution is -0.131. The predicted octanol–water partition coefficient (Wildman–Crippen LogP) is 2.62. The van der Waals surface area contributed by atoms with Gasteiger partial charge in [0.05, 0.1) is 4.90 Å². The topological polar surface area (TPSA) is 90.0 Å². The van der Waals surface area contributed by atoms with Crippen LogP contribution >= 0.6 is 0 Å². The number of fused-ring (bicyclic) bond motifs is 1. The van der Waals surface area contributed by atoms with Crippen molar-refractivity contribution in [2.45, 2.75) is 44.9 Å². The molecule has 2 heterocycles. The number of hydrogen-bond donors (Lipinski definition) is 1. The lowest BCUT2D eigenvalue weighted by atomic mass is 10.1. The highest BCUT2D eigenvalue weighted by Gasteiger charge is 2.26. The van der Waals surface area contributed by atoms with Gasteiger partial charge in [0.25, 0.3) is 0 Å². The van der Waals surface area contributed by atoms with E-state index >= 15 is 0 Å². The van der Waals surface area contributed by atoms with Crippen molar-refractivity contribution in [1.29, 1.82) is 0 Å². The second-order valence-electron chi connectivity index (χ2n) is 9.17. The number of amides is 2. The molecule has 0 unspecified atom stereocenters. The molecular weight excluding hydrogens is 464 g/mol. The summed E-state index contributed by atoms with van der Waals surface area (Å²) in [5.74, 6) is -0.0122. The Hall–Kier alpha value is -2.91. The second-order valence-corrected chi connectivity index (χ2v) is 10.9. The summed E-state index contributed by atoms with van der Waals surface area (Å²) in [5.41, 5.74) is 5.36.